The Kier molecular flexibility index (Phi) is 6.87. The lowest BCUT2D eigenvalue weighted by Crippen LogP contribution is -2.39. The molecule has 2 amide bonds. The van der Waals surface area contributed by atoms with Gasteiger partial charge in [0, 0.05) is 18.7 Å². The molecule has 0 spiro atoms. The normalized spacial score (nSPS) is 10.3. The van der Waals surface area contributed by atoms with E-state index in [1.807, 2.05) is 13.8 Å². The van der Waals surface area contributed by atoms with Crippen molar-refractivity contribution in [3.63, 3.8) is 0 Å². The number of amides is 2. The number of esters is 1. The Morgan fingerprint density at radius 1 is 1.11 bits per heavy atom. The maximum absolute atomic E-state index is 12.1. The van der Waals surface area contributed by atoms with Crippen molar-refractivity contribution in [1.82, 2.24) is 10.6 Å². The maximum atomic E-state index is 12.1. The lowest BCUT2D eigenvalue weighted by Gasteiger charge is -2.10. The van der Waals surface area contributed by atoms with Crippen LogP contribution < -0.4 is 10.6 Å². The van der Waals surface area contributed by atoms with Crippen LogP contribution in [0.15, 0.2) is 48.5 Å². The first-order valence-corrected chi connectivity index (χ1v) is 8.39. The third-order valence-electron chi connectivity index (χ3n) is 3.61. The number of hydrogen-bond donors (Lipinski definition) is 2. The molecule has 2 aromatic rings. The number of nitro groups is 1. The van der Waals surface area contributed by atoms with Crippen molar-refractivity contribution < 1.29 is 19.2 Å². The molecule has 0 bridgehead atoms. The molecule has 0 radical (unpaired) electrons. The number of urea groups is 1. The molecule has 8 heteroatoms. The maximum Gasteiger partial charge on any atom is 0.338 e. The highest BCUT2D eigenvalue weighted by Crippen LogP contribution is 2.19. The Morgan fingerprint density at radius 3 is 2.41 bits per heavy atom. The van der Waals surface area contributed by atoms with E-state index in [1.165, 1.54) is 6.07 Å². The van der Waals surface area contributed by atoms with Crippen LogP contribution in [0.25, 0.3) is 0 Å². The number of nitrogens with one attached hydrogen (secondary N) is 2. The van der Waals surface area contributed by atoms with Gasteiger partial charge in [-0.05, 0) is 37.6 Å². The van der Waals surface area contributed by atoms with Crippen LogP contribution in [0, 0.1) is 10.1 Å². The number of rotatable bonds is 7. The molecule has 0 saturated carbocycles. The van der Waals surface area contributed by atoms with Gasteiger partial charge in [0.1, 0.15) is 6.61 Å². The van der Waals surface area contributed by atoms with Gasteiger partial charge in [0.05, 0.1) is 16.1 Å². The number of nitrogens with zero attached hydrogens (tertiary/aromatic N) is 1. The molecule has 2 rings (SSSR count). The first kappa shape index (κ1) is 19.9. The second kappa shape index (κ2) is 9.33. The molecule has 0 heterocycles. The highest BCUT2D eigenvalue weighted by molar-refractivity contribution is 5.89. The predicted octanol–water partition coefficient (Wildman–Crippen LogP) is 3.16. The lowest BCUT2D eigenvalue weighted by molar-refractivity contribution is -0.385. The fraction of sp³-hybridized carbons (Fsp3) is 0.263. The minimum atomic E-state index is -0.579. The van der Waals surface area contributed by atoms with Gasteiger partial charge in [-0.3, -0.25) is 10.1 Å². The van der Waals surface area contributed by atoms with E-state index in [1.54, 1.807) is 42.5 Å². The molecule has 8 nitrogen and oxygen atoms in total. The standard InChI is InChI=1S/C19H21N3O5/c1-13(2)21-19(24)20-11-14-7-9-15(10-8-14)18(23)27-12-16-5-3-4-6-17(16)22(25)26/h3-10,13H,11-12H2,1-2H3,(H2,20,21,24). The van der Waals surface area contributed by atoms with E-state index >= 15 is 0 Å². The molecule has 0 saturated heterocycles. The van der Waals surface area contributed by atoms with Crippen molar-refractivity contribution >= 4 is 17.7 Å². The second-order valence-corrected chi connectivity index (χ2v) is 6.14. The summed E-state index contributed by atoms with van der Waals surface area (Å²) in [6, 6.07) is 12.5. The monoisotopic (exact) mass is 371 g/mol. The van der Waals surface area contributed by atoms with Gasteiger partial charge in [0.25, 0.3) is 5.69 Å². The van der Waals surface area contributed by atoms with E-state index in [9.17, 15) is 19.7 Å². The van der Waals surface area contributed by atoms with Gasteiger partial charge in [-0.1, -0.05) is 24.3 Å². The summed E-state index contributed by atoms with van der Waals surface area (Å²) in [7, 11) is 0. The average Bonchev–Trinajstić information content (AvgIpc) is 2.64. The van der Waals surface area contributed by atoms with Crippen molar-refractivity contribution in [2.45, 2.75) is 33.0 Å². The second-order valence-electron chi connectivity index (χ2n) is 6.14. The highest BCUT2D eigenvalue weighted by atomic mass is 16.6. The molecule has 27 heavy (non-hydrogen) atoms. The highest BCUT2D eigenvalue weighted by Gasteiger charge is 2.15. The number of hydrogen-bond acceptors (Lipinski definition) is 5. The third kappa shape index (κ3) is 6.10. The molecule has 142 valence electrons. The molecule has 0 aliphatic rings. The molecular formula is C19H21N3O5. The van der Waals surface area contributed by atoms with Gasteiger partial charge in [-0.2, -0.15) is 0 Å². The lowest BCUT2D eigenvalue weighted by atomic mass is 10.1. The molecule has 0 aliphatic heterocycles. The quantitative estimate of drug-likeness (QED) is 0.441. The average molecular weight is 371 g/mol. The van der Waals surface area contributed by atoms with Crippen LogP contribution in [0.1, 0.15) is 35.3 Å². The van der Waals surface area contributed by atoms with Gasteiger partial charge in [-0.15, -0.1) is 0 Å². The van der Waals surface area contributed by atoms with Crippen LogP contribution >= 0.6 is 0 Å². The zero-order valence-corrected chi connectivity index (χ0v) is 15.1. The Hall–Kier alpha value is -3.42. The van der Waals surface area contributed by atoms with Crippen molar-refractivity contribution in [1.29, 1.82) is 0 Å². The van der Waals surface area contributed by atoms with Crippen LogP contribution in [-0.4, -0.2) is 23.0 Å². The van der Waals surface area contributed by atoms with Crippen molar-refractivity contribution in [2.75, 3.05) is 0 Å². The zero-order valence-electron chi connectivity index (χ0n) is 15.1. The summed E-state index contributed by atoms with van der Waals surface area (Å²) in [5.74, 6) is -0.579. The van der Waals surface area contributed by atoms with Gasteiger partial charge in [0.2, 0.25) is 0 Å². The zero-order chi connectivity index (χ0) is 19.8. The number of carbonyl (C=O) groups excluding carboxylic acids is 2. The van der Waals surface area contributed by atoms with Crippen molar-refractivity contribution in [3.8, 4) is 0 Å². The number of nitro benzene ring substituents is 1. The Bertz CT molecular complexity index is 818. The summed E-state index contributed by atoms with van der Waals surface area (Å²) in [6.45, 7) is 3.87. The van der Waals surface area contributed by atoms with Crippen molar-refractivity contribution in [2.24, 2.45) is 0 Å². The summed E-state index contributed by atoms with van der Waals surface area (Å²) in [6.07, 6.45) is 0. The summed E-state index contributed by atoms with van der Waals surface area (Å²) in [5.41, 5.74) is 1.38. The van der Waals surface area contributed by atoms with Gasteiger partial charge in [0.15, 0.2) is 0 Å². The number of benzene rings is 2. The van der Waals surface area contributed by atoms with Crippen LogP contribution in [0.3, 0.4) is 0 Å². The summed E-state index contributed by atoms with van der Waals surface area (Å²) in [4.78, 5) is 34.1. The van der Waals surface area contributed by atoms with Crippen molar-refractivity contribution in [3.05, 3.63) is 75.3 Å². The van der Waals surface area contributed by atoms with E-state index < -0.39 is 10.9 Å². The molecule has 0 atom stereocenters. The summed E-state index contributed by atoms with van der Waals surface area (Å²) >= 11 is 0. The molecule has 0 unspecified atom stereocenters. The largest absolute Gasteiger partial charge is 0.457 e. The summed E-state index contributed by atoms with van der Waals surface area (Å²) < 4.78 is 5.16. The van der Waals surface area contributed by atoms with Gasteiger partial charge >= 0.3 is 12.0 Å². The summed E-state index contributed by atoms with van der Waals surface area (Å²) in [5, 5.41) is 16.4. The Morgan fingerprint density at radius 2 is 1.78 bits per heavy atom. The van der Waals surface area contributed by atoms with Crippen LogP contribution in [0.4, 0.5) is 10.5 Å². The van der Waals surface area contributed by atoms with Gasteiger partial charge < -0.3 is 15.4 Å². The van der Waals surface area contributed by atoms with E-state index in [0.717, 1.165) is 5.56 Å². The topological polar surface area (TPSA) is 111 Å². The number of ether oxygens (including phenoxy) is 1. The van der Waals surface area contributed by atoms with E-state index in [-0.39, 0.29) is 24.4 Å². The van der Waals surface area contributed by atoms with E-state index in [0.29, 0.717) is 17.7 Å². The first-order valence-electron chi connectivity index (χ1n) is 8.39. The van der Waals surface area contributed by atoms with Crippen LogP contribution in [-0.2, 0) is 17.9 Å². The minimum absolute atomic E-state index is 0.0441. The third-order valence-corrected chi connectivity index (χ3v) is 3.61. The fourth-order valence-electron chi connectivity index (χ4n) is 2.29. The number of para-hydroxylation sites is 1. The van der Waals surface area contributed by atoms with Crippen LogP contribution in [0.2, 0.25) is 0 Å². The molecule has 0 aromatic heterocycles. The molecule has 0 aliphatic carbocycles. The van der Waals surface area contributed by atoms with Gasteiger partial charge in [-0.25, -0.2) is 9.59 Å². The Balaban J connectivity index is 1.90. The van der Waals surface area contributed by atoms with E-state index in [4.69, 9.17) is 4.74 Å². The molecule has 2 N–H and O–H groups in total. The fourth-order valence-corrected chi connectivity index (χ4v) is 2.29. The smallest absolute Gasteiger partial charge is 0.338 e. The minimum Gasteiger partial charge on any atom is -0.457 e. The molecule has 2 aromatic carbocycles. The Labute approximate surface area is 156 Å². The predicted molar refractivity (Wildman–Crippen MR) is 99.2 cm³/mol. The number of carbonyl (C=O) groups is 2. The first-order chi connectivity index (χ1) is 12.9. The SMILES string of the molecule is CC(C)NC(=O)NCc1ccc(C(=O)OCc2ccccc2[N+](=O)[O-])cc1. The van der Waals surface area contributed by atoms with E-state index in [2.05, 4.69) is 10.6 Å². The molecule has 0 fully saturated rings. The molecular weight excluding hydrogens is 350 g/mol. The van der Waals surface area contributed by atoms with Crippen LogP contribution in [0.5, 0.6) is 0 Å².